The van der Waals surface area contributed by atoms with E-state index in [0.717, 1.165) is 4.68 Å². The monoisotopic (exact) mass is 476 g/mol. The predicted octanol–water partition coefficient (Wildman–Crippen LogP) is 1.53. The number of hydrogen-bond donors (Lipinski definition) is 3. The highest BCUT2D eigenvalue weighted by Crippen LogP contribution is 2.28. The first kappa shape index (κ1) is 22.7. The van der Waals surface area contributed by atoms with Gasteiger partial charge in [-0.05, 0) is 40.1 Å². The number of hydrogen-bond acceptors (Lipinski definition) is 11. The maximum absolute atomic E-state index is 12.9. The van der Waals surface area contributed by atoms with Crippen LogP contribution in [0.4, 0.5) is 17.2 Å². The number of nitrogens with zero attached hydrogens (tertiary/aromatic N) is 7. The largest absolute Gasteiger partial charge is 0.378 e. The molecule has 35 heavy (non-hydrogen) atoms. The summed E-state index contributed by atoms with van der Waals surface area (Å²) in [6.07, 6.45) is 1.39. The number of nitrogen functional groups attached to an aromatic ring is 1. The number of aromatic nitrogens is 5. The number of benzene rings is 2. The summed E-state index contributed by atoms with van der Waals surface area (Å²) < 4.78 is 5.74. The van der Waals surface area contributed by atoms with Crippen molar-refractivity contribution in [2.24, 2.45) is 5.10 Å². The van der Waals surface area contributed by atoms with Crippen molar-refractivity contribution in [2.45, 2.75) is 6.92 Å². The predicted molar refractivity (Wildman–Crippen MR) is 122 cm³/mol. The number of carbonyl (C=O) groups is 2. The number of rotatable bonds is 7. The summed E-state index contributed by atoms with van der Waals surface area (Å²) in [6, 6.07) is 12.1. The zero-order valence-corrected chi connectivity index (χ0v) is 17.9. The molecule has 15 nitrogen and oxygen atoms in total. The molecule has 0 atom stereocenters. The van der Waals surface area contributed by atoms with Crippen LogP contribution in [-0.4, -0.2) is 48.3 Å². The minimum atomic E-state index is -0.717. The summed E-state index contributed by atoms with van der Waals surface area (Å²) >= 11 is 0. The first-order chi connectivity index (χ1) is 16.8. The minimum Gasteiger partial charge on any atom is -0.378 e. The lowest BCUT2D eigenvalue weighted by molar-refractivity contribution is -0.384. The van der Waals surface area contributed by atoms with E-state index in [0.29, 0.717) is 16.8 Å². The third kappa shape index (κ3) is 4.98. The second kappa shape index (κ2) is 9.57. The lowest BCUT2D eigenvalue weighted by Gasteiger charge is -2.05. The molecule has 2 aromatic heterocycles. The molecule has 0 fully saturated rings. The van der Waals surface area contributed by atoms with Gasteiger partial charge in [0.15, 0.2) is 5.69 Å². The second-order valence-corrected chi connectivity index (χ2v) is 6.98. The van der Waals surface area contributed by atoms with Crippen molar-refractivity contribution >= 4 is 35.2 Å². The number of non-ortho nitro benzene ring substituents is 1. The molecule has 0 aliphatic heterocycles. The molecule has 0 saturated heterocycles. The molecule has 0 saturated carbocycles. The summed E-state index contributed by atoms with van der Waals surface area (Å²) in [5.74, 6) is -1.04. The molecule has 4 rings (SSSR count). The van der Waals surface area contributed by atoms with Crippen molar-refractivity contribution in [3.05, 3.63) is 69.9 Å². The van der Waals surface area contributed by atoms with Gasteiger partial charge in [0.25, 0.3) is 11.6 Å². The minimum absolute atomic E-state index is 0.0207. The molecule has 15 heteroatoms. The van der Waals surface area contributed by atoms with E-state index >= 15 is 0 Å². The van der Waals surface area contributed by atoms with Gasteiger partial charge in [0.1, 0.15) is 5.69 Å². The highest BCUT2D eigenvalue weighted by molar-refractivity contribution is 5.99. The van der Waals surface area contributed by atoms with Crippen molar-refractivity contribution in [3.8, 4) is 17.1 Å². The van der Waals surface area contributed by atoms with Crippen LogP contribution in [0.25, 0.3) is 17.1 Å². The van der Waals surface area contributed by atoms with Gasteiger partial charge < -0.3 is 11.1 Å². The van der Waals surface area contributed by atoms with E-state index < -0.39 is 10.8 Å². The first-order valence-electron chi connectivity index (χ1n) is 9.83. The molecule has 0 aliphatic carbocycles. The van der Waals surface area contributed by atoms with Crippen molar-refractivity contribution in [3.63, 3.8) is 0 Å². The molecule has 0 unspecified atom stereocenters. The molecule has 0 bridgehead atoms. The molecule has 176 valence electrons. The van der Waals surface area contributed by atoms with Crippen LogP contribution in [0.2, 0.25) is 0 Å². The fourth-order valence-electron chi connectivity index (χ4n) is 3.00. The van der Waals surface area contributed by atoms with Crippen LogP contribution in [0.5, 0.6) is 0 Å². The standard InChI is InChI=1S/C20H16N10O5/c1-11(31)23-14-6-2-12(3-7-14)10-22-25-20(32)16-17(13-4-8-15(9-5-13)30(33)34)29(28-24-16)19-18(21)26-35-27-19/h2-10H,1H3,(H2,21,26)(H,23,31)(H,25,32)/b22-10-. The Bertz CT molecular complexity index is 1420. The van der Waals surface area contributed by atoms with Crippen LogP contribution in [-0.2, 0) is 4.79 Å². The fourth-order valence-corrected chi connectivity index (χ4v) is 3.00. The number of nitrogens with two attached hydrogens (primary N) is 1. The van der Waals surface area contributed by atoms with Crippen LogP contribution < -0.4 is 16.5 Å². The quantitative estimate of drug-likeness (QED) is 0.199. The molecular formula is C20H16N10O5. The van der Waals surface area contributed by atoms with Gasteiger partial charge >= 0.3 is 0 Å². The Morgan fingerprint density at radius 3 is 2.46 bits per heavy atom. The van der Waals surface area contributed by atoms with E-state index in [9.17, 15) is 19.7 Å². The van der Waals surface area contributed by atoms with Gasteiger partial charge in [-0.25, -0.2) is 10.1 Å². The van der Waals surface area contributed by atoms with Gasteiger partial charge in [-0.2, -0.15) is 9.78 Å². The summed E-state index contributed by atoms with van der Waals surface area (Å²) in [7, 11) is 0. The number of amides is 2. The van der Waals surface area contributed by atoms with Gasteiger partial charge in [0, 0.05) is 30.3 Å². The molecule has 0 radical (unpaired) electrons. The number of carbonyl (C=O) groups excluding carboxylic acids is 2. The Kier molecular flexibility index (Phi) is 6.21. The molecule has 0 aliphatic rings. The SMILES string of the molecule is CC(=O)Nc1ccc(/C=N\NC(=O)c2nnn(-c3nonc3N)c2-c2ccc([N+](=O)[O-])cc2)cc1. The Hall–Kier alpha value is -5.47. The summed E-state index contributed by atoms with van der Waals surface area (Å²) in [5, 5.41) is 32.5. The van der Waals surface area contributed by atoms with E-state index in [4.69, 9.17) is 5.73 Å². The van der Waals surface area contributed by atoms with E-state index in [-0.39, 0.29) is 34.6 Å². The topological polar surface area (TPSA) is 209 Å². The van der Waals surface area contributed by atoms with Gasteiger partial charge in [0.05, 0.1) is 11.1 Å². The highest BCUT2D eigenvalue weighted by Gasteiger charge is 2.25. The van der Waals surface area contributed by atoms with Crippen molar-refractivity contribution in [1.29, 1.82) is 0 Å². The van der Waals surface area contributed by atoms with E-state index in [2.05, 4.69) is 41.1 Å². The van der Waals surface area contributed by atoms with Crippen molar-refractivity contribution < 1.29 is 19.1 Å². The lowest BCUT2D eigenvalue weighted by Crippen LogP contribution is -2.19. The Morgan fingerprint density at radius 1 is 1.14 bits per heavy atom. The maximum Gasteiger partial charge on any atom is 0.294 e. The highest BCUT2D eigenvalue weighted by atomic mass is 16.6. The van der Waals surface area contributed by atoms with Gasteiger partial charge in [-0.15, -0.1) is 5.10 Å². The number of hydrazone groups is 1. The van der Waals surface area contributed by atoms with Crippen LogP contribution in [0.15, 0.2) is 58.3 Å². The Morgan fingerprint density at radius 2 is 1.86 bits per heavy atom. The number of nitro benzene ring substituents is 1. The van der Waals surface area contributed by atoms with E-state index in [1.807, 2.05) is 0 Å². The third-order valence-electron chi connectivity index (χ3n) is 4.54. The average molecular weight is 476 g/mol. The summed E-state index contributed by atoms with van der Waals surface area (Å²) in [5.41, 5.74) is 9.58. The molecule has 4 aromatic rings. The zero-order chi connectivity index (χ0) is 24.9. The number of nitrogens with one attached hydrogen (secondary N) is 2. The zero-order valence-electron chi connectivity index (χ0n) is 17.9. The van der Waals surface area contributed by atoms with Gasteiger partial charge in [0.2, 0.25) is 17.5 Å². The Balaban J connectivity index is 1.61. The molecule has 0 spiro atoms. The average Bonchev–Trinajstić information content (AvgIpc) is 3.45. The number of anilines is 2. The van der Waals surface area contributed by atoms with Gasteiger partial charge in [-0.3, -0.25) is 19.7 Å². The number of nitro groups is 1. The normalized spacial score (nSPS) is 10.9. The van der Waals surface area contributed by atoms with Gasteiger partial charge in [-0.1, -0.05) is 17.3 Å². The molecular weight excluding hydrogens is 460 g/mol. The molecule has 2 amide bonds. The molecule has 4 N–H and O–H groups in total. The second-order valence-electron chi connectivity index (χ2n) is 6.98. The third-order valence-corrected chi connectivity index (χ3v) is 4.54. The molecule has 2 heterocycles. The fraction of sp³-hybridized carbons (Fsp3) is 0.0500. The van der Waals surface area contributed by atoms with Crippen LogP contribution >= 0.6 is 0 Å². The Labute approximate surface area is 195 Å². The van der Waals surface area contributed by atoms with Crippen LogP contribution in [0.3, 0.4) is 0 Å². The first-order valence-corrected chi connectivity index (χ1v) is 9.83. The summed E-state index contributed by atoms with van der Waals surface area (Å²) in [4.78, 5) is 34.4. The summed E-state index contributed by atoms with van der Waals surface area (Å²) in [6.45, 7) is 1.40. The lowest BCUT2D eigenvalue weighted by atomic mass is 10.1. The smallest absolute Gasteiger partial charge is 0.294 e. The van der Waals surface area contributed by atoms with Crippen molar-refractivity contribution in [2.75, 3.05) is 11.1 Å². The molecule has 2 aromatic carbocycles. The van der Waals surface area contributed by atoms with E-state index in [1.54, 1.807) is 24.3 Å². The van der Waals surface area contributed by atoms with Crippen LogP contribution in [0, 0.1) is 10.1 Å². The van der Waals surface area contributed by atoms with E-state index in [1.165, 1.54) is 37.4 Å². The van der Waals surface area contributed by atoms with Crippen LogP contribution in [0.1, 0.15) is 23.0 Å². The maximum atomic E-state index is 12.9. The van der Waals surface area contributed by atoms with Crippen molar-refractivity contribution in [1.82, 2.24) is 30.7 Å².